The largest absolute Gasteiger partial charge is 0.0693 e. The van der Waals surface area contributed by atoms with Crippen molar-refractivity contribution in [3.8, 4) is 0 Å². The van der Waals surface area contributed by atoms with E-state index in [1.54, 1.807) is 22.3 Å². The third kappa shape index (κ3) is 2.30. The smallest absolute Gasteiger partial charge is 0.0487 e. The standard InChI is InChI=1S/C17H26Si/c1-18(2,3)12-17-15-9-5-4-7-13(15)11-14-8-6-10-16(14)17/h11H,4-10,12H2,1-3H3. The molecule has 2 aliphatic rings. The second kappa shape index (κ2) is 4.52. The van der Waals surface area contributed by atoms with E-state index in [4.69, 9.17) is 0 Å². The van der Waals surface area contributed by atoms with Crippen LogP contribution < -0.4 is 0 Å². The van der Waals surface area contributed by atoms with Gasteiger partial charge in [-0.2, -0.15) is 0 Å². The Morgan fingerprint density at radius 1 is 0.833 bits per heavy atom. The van der Waals surface area contributed by atoms with Crippen LogP contribution in [0.3, 0.4) is 0 Å². The summed E-state index contributed by atoms with van der Waals surface area (Å²) in [6, 6.07) is 3.99. The van der Waals surface area contributed by atoms with E-state index < -0.39 is 8.07 Å². The molecular formula is C17H26Si. The van der Waals surface area contributed by atoms with Crippen molar-refractivity contribution in [2.24, 2.45) is 0 Å². The zero-order chi connectivity index (χ0) is 12.8. The van der Waals surface area contributed by atoms with Crippen molar-refractivity contribution in [3.05, 3.63) is 33.9 Å². The van der Waals surface area contributed by atoms with Gasteiger partial charge in [-0.15, -0.1) is 0 Å². The summed E-state index contributed by atoms with van der Waals surface area (Å²) in [4.78, 5) is 0. The zero-order valence-electron chi connectivity index (χ0n) is 12.2. The zero-order valence-corrected chi connectivity index (χ0v) is 13.2. The predicted molar refractivity (Wildman–Crippen MR) is 82.2 cm³/mol. The van der Waals surface area contributed by atoms with Gasteiger partial charge in [-0.1, -0.05) is 25.7 Å². The fraction of sp³-hybridized carbons (Fsp3) is 0.647. The van der Waals surface area contributed by atoms with Crippen molar-refractivity contribution in [1.29, 1.82) is 0 Å². The molecule has 0 fully saturated rings. The first kappa shape index (κ1) is 12.5. The minimum atomic E-state index is -1.00. The molecule has 0 nitrogen and oxygen atoms in total. The number of aryl methyl sites for hydroxylation is 2. The number of hydrogen-bond acceptors (Lipinski definition) is 0. The number of hydrogen-bond donors (Lipinski definition) is 0. The minimum Gasteiger partial charge on any atom is -0.0693 e. The first-order valence-corrected chi connectivity index (χ1v) is 11.4. The molecule has 98 valence electrons. The van der Waals surface area contributed by atoms with Gasteiger partial charge < -0.3 is 0 Å². The highest BCUT2D eigenvalue weighted by Gasteiger charge is 2.26. The van der Waals surface area contributed by atoms with Crippen LogP contribution in [0.1, 0.15) is 47.1 Å². The van der Waals surface area contributed by atoms with Crippen LogP contribution >= 0.6 is 0 Å². The van der Waals surface area contributed by atoms with Gasteiger partial charge in [0.25, 0.3) is 0 Å². The van der Waals surface area contributed by atoms with E-state index in [1.165, 1.54) is 51.0 Å². The van der Waals surface area contributed by atoms with Crippen LogP contribution in [0, 0.1) is 0 Å². The lowest BCUT2D eigenvalue weighted by Gasteiger charge is -2.26. The van der Waals surface area contributed by atoms with Gasteiger partial charge in [-0.05, 0) is 78.8 Å². The molecular weight excluding hydrogens is 232 g/mol. The molecule has 0 atom stereocenters. The van der Waals surface area contributed by atoms with Crippen molar-refractivity contribution >= 4 is 8.07 Å². The molecule has 0 bridgehead atoms. The average Bonchev–Trinajstić information content (AvgIpc) is 2.75. The summed E-state index contributed by atoms with van der Waals surface area (Å²) in [6.45, 7) is 7.57. The van der Waals surface area contributed by atoms with Gasteiger partial charge in [0.1, 0.15) is 0 Å². The van der Waals surface area contributed by atoms with Gasteiger partial charge in [-0.25, -0.2) is 0 Å². The lowest BCUT2D eigenvalue weighted by molar-refractivity contribution is 0.679. The highest BCUT2D eigenvalue weighted by Crippen LogP contribution is 2.35. The summed E-state index contributed by atoms with van der Waals surface area (Å²) in [5.41, 5.74) is 8.81. The van der Waals surface area contributed by atoms with Gasteiger partial charge in [0, 0.05) is 8.07 Å². The van der Waals surface area contributed by atoms with Gasteiger partial charge in [0.2, 0.25) is 0 Å². The van der Waals surface area contributed by atoms with Crippen LogP contribution in [0.5, 0.6) is 0 Å². The van der Waals surface area contributed by atoms with Crippen LogP contribution in [-0.2, 0) is 31.7 Å². The fourth-order valence-corrected chi connectivity index (χ4v) is 5.33. The van der Waals surface area contributed by atoms with Crippen molar-refractivity contribution in [3.63, 3.8) is 0 Å². The molecule has 0 N–H and O–H groups in total. The van der Waals surface area contributed by atoms with Crippen LogP contribution in [0.2, 0.25) is 19.6 Å². The first-order chi connectivity index (χ1) is 8.54. The summed E-state index contributed by atoms with van der Waals surface area (Å²) < 4.78 is 0. The molecule has 0 radical (unpaired) electrons. The van der Waals surface area contributed by atoms with Crippen molar-refractivity contribution in [2.45, 2.75) is 70.6 Å². The van der Waals surface area contributed by atoms with Crippen molar-refractivity contribution in [1.82, 2.24) is 0 Å². The van der Waals surface area contributed by atoms with Crippen LogP contribution in [0.15, 0.2) is 6.07 Å². The summed E-state index contributed by atoms with van der Waals surface area (Å²) in [5, 5.41) is 0. The van der Waals surface area contributed by atoms with E-state index in [-0.39, 0.29) is 0 Å². The SMILES string of the molecule is C[Si](C)(C)Cc1c2c(cc3c1CCC3)CCCC2. The maximum absolute atomic E-state index is 2.57. The third-order valence-electron chi connectivity index (χ3n) is 4.56. The van der Waals surface area contributed by atoms with Crippen molar-refractivity contribution in [2.75, 3.05) is 0 Å². The number of rotatable bonds is 2. The molecule has 2 aliphatic carbocycles. The summed E-state index contributed by atoms with van der Waals surface area (Å²) in [5.74, 6) is 0. The van der Waals surface area contributed by atoms with Gasteiger partial charge >= 0.3 is 0 Å². The Hall–Kier alpha value is -0.563. The maximum atomic E-state index is 2.57. The van der Waals surface area contributed by atoms with E-state index in [2.05, 4.69) is 25.7 Å². The van der Waals surface area contributed by atoms with Gasteiger partial charge in [0.15, 0.2) is 0 Å². The molecule has 0 saturated carbocycles. The summed E-state index contributed by atoms with van der Waals surface area (Å²) in [7, 11) is -1.00. The Morgan fingerprint density at radius 2 is 1.39 bits per heavy atom. The van der Waals surface area contributed by atoms with E-state index in [0.717, 1.165) is 0 Å². The highest BCUT2D eigenvalue weighted by atomic mass is 28.3. The molecule has 3 rings (SSSR count). The highest BCUT2D eigenvalue weighted by molar-refractivity contribution is 6.75. The first-order valence-electron chi connectivity index (χ1n) is 7.70. The Morgan fingerprint density at radius 3 is 2.06 bits per heavy atom. The number of benzene rings is 1. The van der Waals surface area contributed by atoms with Crippen molar-refractivity contribution < 1.29 is 0 Å². The van der Waals surface area contributed by atoms with Crippen LogP contribution in [0.4, 0.5) is 0 Å². The van der Waals surface area contributed by atoms with Crippen LogP contribution in [0.25, 0.3) is 0 Å². The van der Waals surface area contributed by atoms with Gasteiger partial charge in [0.05, 0.1) is 0 Å². The van der Waals surface area contributed by atoms with Crippen LogP contribution in [-0.4, -0.2) is 8.07 Å². The Bertz CT molecular complexity index is 465. The molecule has 1 aromatic rings. The second-order valence-electron chi connectivity index (χ2n) is 7.43. The molecule has 0 aromatic heterocycles. The molecule has 0 aliphatic heterocycles. The second-order valence-corrected chi connectivity index (χ2v) is 12.9. The monoisotopic (exact) mass is 258 g/mol. The Balaban J connectivity index is 2.11. The normalized spacial score (nSPS) is 18.6. The third-order valence-corrected chi connectivity index (χ3v) is 5.97. The van der Waals surface area contributed by atoms with Gasteiger partial charge in [-0.3, -0.25) is 0 Å². The molecule has 0 unspecified atom stereocenters. The fourth-order valence-electron chi connectivity index (χ4n) is 3.84. The minimum absolute atomic E-state index is 1.00. The molecule has 0 spiro atoms. The molecule has 0 saturated heterocycles. The Labute approximate surface area is 113 Å². The molecule has 18 heavy (non-hydrogen) atoms. The molecule has 1 aromatic carbocycles. The summed E-state index contributed by atoms with van der Waals surface area (Å²) in [6.07, 6.45) is 9.66. The van der Waals surface area contributed by atoms with E-state index in [0.29, 0.717) is 0 Å². The molecule has 1 heteroatoms. The maximum Gasteiger partial charge on any atom is 0.0487 e. The topological polar surface area (TPSA) is 0 Å². The lowest BCUT2D eigenvalue weighted by Crippen LogP contribution is -2.26. The Kier molecular flexibility index (Phi) is 3.13. The number of fused-ring (bicyclic) bond motifs is 2. The predicted octanol–water partition coefficient (Wildman–Crippen LogP) is 4.47. The quantitative estimate of drug-likeness (QED) is 0.686. The summed E-state index contributed by atoms with van der Waals surface area (Å²) >= 11 is 0. The lowest BCUT2D eigenvalue weighted by atomic mass is 9.85. The molecule has 0 amide bonds. The average molecular weight is 258 g/mol. The van der Waals surface area contributed by atoms with E-state index >= 15 is 0 Å². The van der Waals surface area contributed by atoms with E-state index in [1.807, 2.05) is 5.56 Å². The van der Waals surface area contributed by atoms with E-state index in [9.17, 15) is 0 Å². The molecule has 0 heterocycles.